The van der Waals surface area contributed by atoms with Crippen LogP contribution in [-0.2, 0) is 16.1 Å². The Morgan fingerprint density at radius 2 is 2.19 bits per heavy atom. The number of ether oxygens (including phenoxy) is 1. The highest BCUT2D eigenvalue weighted by molar-refractivity contribution is 7.13. The van der Waals surface area contributed by atoms with Crippen LogP contribution < -0.4 is 10.2 Å². The Balaban J connectivity index is 1.36. The van der Waals surface area contributed by atoms with Crippen LogP contribution in [0.1, 0.15) is 18.4 Å². The molecule has 0 aliphatic carbocycles. The third kappa shape index (κ3) is 3.93. The van der Waals surface area contributed by atoms with E-state index in [4.69, 9.17) is 4.74 Å². The number of likely N-dealkylation sites (tertiary alicyclic amines) is 1. The number of nitrogens with zero attached hydrogens (tertiary/aromatic N) is 3. The molecule has 0 bridgehead atoms. The van der Waals surface area contributed by atoms with Crippen LogP contribution >= 0.6 is 11.3 Å². The van der Waals surface area contributed by atoms with Crippen molar-refractivity contribution in [2.24, 2.45) is 0 Å². The number of aromatic nitrogens is 1. The van der Waals surface area contributed by atoms with Crippen LogP contribution in [0, 0.1) is 5.82 Å². The van der Waals surface area contributed by atoms with E-state index in [1.165, 1.54) is 23.5 Å². The van der Waals surface area contributed by atoms with Crippen LogP contribution in [0.25, 0.3) is 0 Å². The Labute approximate surface area is 159 Å². The second-order valence-corrected chi connectivity index (χ2v) is 7.48. The maximum absolute atomic E-state index is 13.5. The first-order chi connectivity index (χ1) is 13.1. The van der Waals surface area contributed by atoms with Gasteiger partial charge >= 0.3 is 6.09 Å². The maximum Gasteiger partial charge on any atom is 0.414 e. The van der Waals surface area contributed by atoms with Crippen LogP contribution in [0.4, 0.5) is 20.0 Å². The number of halogens is 1. The molecule has 0 atom stereocenters. The summed E-state index contributed by atoms with van der Waals surface area (Å²) in [5, 5.41) is 5.18. The van der Waals surface area contributed by atoms with E-state index in [1.54, 1.807) is 17.2 Å². The van der Waals surface area contributed by atoms with E-state index in [9.17, 15) is 14.0 Å². The van der Waals surface area contributed by atoms with E-state index in [0.717, 1.165) is 12.8 Å². The van der Waals surface area contributed by atoms with Gasteiger partial charge in [-0.2, -0.15) is 0 Å². The molecule has 2 aliphatic heterocycles. The van der Waals surface area contributed by atoms with Crippen molar-refractivity contribution in [1.82, 2.24) is 9.88 Å². The lowest BCUT2D eigenvalue weighted by molar-refractivity contribution is -0.117. The van der Waals surface area contributed by atoms with E-state index < -0.39 is 6.09 Å². The van der Waals surface area contributed by atoms with Gasteiger partial charge in [0.05, 0.1) is 12.2 Å². The average Bonchev–Trinajstić information content (AvgIpc) is 3.15. The summed E-state index contributed by atoms with van der Waals surface area (Å²) in [5.74, 6) is -0.436. The normalized spacial score (nSPS) is 18.1. The molecule has 0 spiro atoms. The highest BCUT2D eigenvalue weighted by Gasteiger charge is 2.34. The largest absolute Gasteiger partial charge is 0.444 e. The van der Waals surface area contributed by atoms with Crippen molar-refractivity contribution in [3.8, 4) is 0 Å². The number of carbonyl (C=O) groups is 2. The van der Waals surface area contributed by atoms with E-state index >= 15 is 0 Å². The zero-order chi connectivity index (χ0) is 18.8. The topological polar surface area (TPSA) is 74.8 Å². The molecular formula is C18H19FN4O3S. The fourth-order valence-electron chi connectivity index (χ4n) is 3.54. The number of carbonyl (C=O) groups excluding carboxylic acids is 2. The summed E-state index contributed by atoms with van der Waals surface area (Å²) < 4.78 is 18.7. The smallest absolute Gasteiger partial charge is 0.414 e. The van der Waals surface area contributed by atoms with Crippen LogP contribution in [0.5, 0.6) is 0 Å². The van der Waals surface area contributed by atoms with Gasteiger partial charge in [-0.25, -0.2) is 14.2 Å². The van der Waals surface area contributed by atoms with Crippen molar-refractivity contribution in [3.05, 3.63) is 41.2 Å². The molecule has 1 aromatic heterocycles. The van der Waals surface area contributed by atoms with Gasteiger partial charge in [0.25, 0.3) is 0 Å². The first kappa shape index (κ1) is 17.9. The molecule has 1 aromatic carbocycles. The van der Waals surface area contributed by atoms with Crippen molar-refractivity contribution < 1.29 is 18.7 Å². The van der Waals surface area contributed by atoms with E-state index in [0.29, 0.717) is 36.0 Å². The van der Waals surface area contributed by atoms with Crippen molar-refractivity contribution in [3.63, 3.8) is 0 Å². The molecule has 4 rings (SSSR count). The molecule has 0 radical (unpaired) electrons. The number of fused-ring (bicyclic) bond motifs is 1. The van der Waals surface area contributed by atoms with Crippen LogP contribution in [0.15, 0.2) is 29.8 Å². The first-order valence-corrected chi connectivity index (χ1v) is 9.64. The number of amides is 2. The highest BCUT2D eigenvalue weighted by atomic mass is 32.1. The number of hydrogen-bond donors (Lipinski definition) is 1. The lowest BCUT2D eigenvalue weighted by Gasteiger charge is -2.40. The zero-order valence-electron chi connectivity index (χ0n) is 14.6. The Hall–Kier alpha value is -2.52. The van der Waals surface area contributed by atoms with Gasteiger partial charge in [-0.1, -0.05) is 0 Å². The summed E-state index contributed by atoms with van der Waals surface area (Å²) in [6.45, 7) is 1.77. The number of benzene rings is 1. The van der Waals surface area contributed by atoms with Gasteiger partial charge in [0.2, 0.25) is 5.91 Å². The van der Waals surface area contributed by atoms with Crippen molar-refractivity contribution in [1.29, 1.82) is 0 Å². The number of rotatable bonds is 4. The lowest BCUT2D eigenvalue weighted by atomic mass is 10.0. The third-order valence-electron chi connectivity index (χ3n) is 4.82. The van der Waals surface area contributed by atoms with E-state index in [1.807, 2.05) is 5.38 Å². The third-order valence-corrected chi connectivity index (χ3v) is 5.51. The molecular weight excluding hydrogens is 371 g/mol. The molecule has 0 unspecified atom stereocenters. The Morgan fingerprint density at radius 1 is 1.37 bits per heavy atom. The molecule has 0 saturated carbocycles. The molecule has 1 N–H and O–H groups in total. The number of nitrogens with one attached hydrogen (secondary N) is 1. The van der Waals surface area contributed by atoms with Crippen LogP contribution in [-0.4, -0.2) is 47.6 Å². The number of hydrogen-bond acceptors (Lipinski definition) is 6. The minimum Gasteiger partial charge on any atom is -0.444 e. The SMILES string of the molecule is O=C(CN1CCC(N2C(=O)OCc3cc(F)ccc32)CC1)Nc1nccs1. The Kier molecular flexibility index (Phi) is 5.04. The minimum absolute atomic E-state index is 0.0275. The molecule has 27 heavy (non-hydrogen) atoms. The predicted molar refractivity (Wildman–Crippen MR) is 99.3 cm³/mol. The van der Waals surface area contributed by atoms with Crippen LogP contribution in [0.2, 0.25) is 0 Å². The molecule has 2 aromatic rings. The summed E-state index contributed by atoms with van der Waals surface area (Å²) in [4.78, 5) is 32.1. The van der Waals surface area contributed by atoms with Crippen molar-refractivity contribution >= 4 is 34.2 Å². The predicted octanol–water partition coefficient (Wildman–Crippen LogP) is 2.84. The Bertz CT molecular complexity index is 837. The summed E-state index contributed by atoms with van der Waals surface area (Å²) in [5.41, 5.74) is 1.40. The zero-order valence-corrected chi connectivity index (χ0v) is 15.4. The van der Waals surface area contributed by atoms with Gasteiger partial charge < -0.3 is 10.1 Å². The number of cyclic esters (lactones) is 1. The fourth-order valence-corrected chi connectivity index (χ4v) is 4.09. The molecule has 2 amide bonds. The molecule has 3 heterocycles. The maximum atomic E-state index is 13.5. The van der Waals surface area contributed by atoms with Crippen molar-refractivity contribution in [2.75, 3.05) is 29.9 Å². The number of thiazole rings is 1. The molecule has 1 saturated heterocycles. The number of anilines is 2. The summed E-state index contributed by atoms with van der Waals surface area (Å²) >= 11 is 1.38. The van der Waals surface area contributed by atoms with E-state index in [-0.39, 0.29) is 24.4 Å². The number of piperidine rings is 1. The summed E-state index contributed by atoms with van der Waals surface area (Å²) in [7, 11) is 0. The molecule has 7 nitrogen and oxygen atoms in total. The van der Waals surface area contributed by atoms with Crippen molar-refractivity contribution in [2.45, 2.75) is 25.5 Å². The van der Waals surface area contributed by atoms with Crippen LogP contribution in [0.3, 0.4) is 0 Å². The molecule has 1 fully saturated rings. The minimum atomic E-state index is -0.394. The molecule has 2 aliphatic rings. The average molecular weight is 390 g/mol. The van der Waals surface area contributed by atoms with Gasteiger partial charge in [-0.05, 0) is 31.0 Å². The second kappa shape index (κ2) is 7.61. The highest BCUT2D eigenvalue weighted by Crippen LogP contribution is 2.32. The Morgan fingerprint density at radius 3 is 2.93 bits per heavy atom. The van der Waals surface area contributed by atoms with Gasteiger partial charge in [0.1, 0.15) is 12.4 Å². The standard InChI is InChI=1S/C18H19FN4O3S/c19-13-1-2-15-12(9-13)11-26-18(25)23(15)14-3-6-22(7-4-14)10-16(24)21-17-20-5-8-27-17/h1-2,5,8-9,14H,3-4,6-7,10-11H2,(H,20,21,24). The van der Waals surface area contributed by atoms with E-state index in [2.05, 4.69) is 15.2 Å². The second-order valence-electron chi connectivity index (χ2n) is 6.59. The van der Waals surface area contributed by atoms with Gasteiger partial charge in [0, 0.05) is 36.3 Å². The quantitative estimate of drug-likeness (QED) is 0.869. The first-order valence-electron chi connectivity index (χ1n) is 8.76. The monoisotopic (exact) mass is 390 g/mol. The molecule has 9 heteroatoms. The van der Waals surface area contributed by atoms with Gasteiger partial charge in [-0.3, -0.25) is 14.6 Å². The van der Waals surface area contributed by atoms with Gasteiger partial charge in [0.15, 0.2) is 5.13 Å². The summed E-state index contributed by atoms with van der Waals surface area (Å²) in [6, 6.07) is 4.38. The fraction of sp³-hybridized carbons (Fsp3) is 0.389. The summed E-state index contributed by atoms with van der Waals surface area (Å²) in [6.07, 6.45) is 2.69. The van der Waals surface area contributed by atoms with Gasteiger partial charge in [-0.15, -0.1) is 11.3 Å². The molecule has 142 valence electrons. The lowest BCUT2D eigenvalue weighted by Crippen LogP contribution is -2.50.